The van der Waals surface area contributed by atoms with Crippen molar-refractivity contribution in [2.24, 2.45) is 0 Å². The van der Waals surface area contributed by atoms with Crippen molar-refractivity contribution in [1.82, 2.24) is 5.32 Å². The summed E-state index contributed by atoms with van der Waals surface area (Å²) in [5.74, 6) is -1.30. The molecule has 1 saturated heterocycles. The van der Waals surface area contributed by atoms with Crippen LogP contribution in [-0.2, 0) is 0 Å². The van der Waals surface area contributed by atoms with Gasteiger partial charge in [-0.1, -0.05) is 13.3 Å². The second-order valence-corrected chi connectivity index (χ2v) is 5.49. The van der Waals surface area contributed by atoms with Crippen LogP contribution in [0.2, 0.25) is 0 Å². The van der Waals surface area contributed by atoms with Crippen molar-refractivity contribution in [2.75, 3.05) is 24.5 Å². The summed E-state index contributed by atoms with van der Waals surface area (Å²) in [7, 11) is 0. The second kappa shape index (κ2) is 7.37. The van der Waals surface area contributed by atoms with Crippen molar-refractivity contribution in [3.63, 3.8) is 0 Å². The number of unbranched alkanes of at least 4 members (excludes halogenated alkanes) is 1. The molecular weight excluding hydrogens is 272 g/mol. The quantitative estimate of drug-likeness (QED) is 0.875. The van der Waals surface area contributed by atoms with Gasteiger partial charge in [0.05, 0.1) is 11.6 Å². The van der Waals surface area contributed by atoms with Crippen LogP contribution in [-0.4, -0.2) is 25.7 Å². The highest BCUT2D eigenvalue weighted by Crippen LogP contribution is 2.26. The first-order chi connectivity index (χ1) is 10.2. The number of nitriles is 1. The Balaban J connectivity index is 2.24. The number of anilines is 1. The maximum Gasteiger partial charge on any atom is 0.150 e. The summed E-state index contributed by atoms with van der Waals surface area (Å²) in [5, 5.41) is 12.1. The Morgan fingerprint density at radius 2 is 2.10 bits per heavy atom. The molecule has 1 fully saturated rings. The molecule has 0 aliphatic carbocycles. The van der Waals surface area contributed by atoms with E-state index in [2.05, 4.69) is 12.2 Å². The SMILES string of the molecule is CCCCN(CC1CCCN1)c1c(F)cc(C#N)cc1F. The molecule has 1 aromatic carbocycles. The first kappa shape index (κ1) is 15.7. The zero-order valence-electron chi connectivity index (χ0n) is 12.3. The van der Waals surface area contributed by atoms with Gasteiger partial charge < -0.3 is 10.2 Å². The monoisotopic (exact) mass is 293 g/mol. The van der Waals surface area contributed by atoms with E-state index in [4.69, 9.17) is 5.26 Å². The molecule has 0 saturated carbocycles. The van der Waals surface area contributed by atoms with E-state index in [0.29, 0.717) is 13.1 Å². The molecule has 0 aromatic heterocycles. The molecule has 0 bridgehead atoms. The normalized spacial score (nSPS) is 17.7. The van der Waals surface area contributed by atoms with Crippen LogP contribution in [0.4, 0.5) is 14.5 Å². The standard InChI is InChI=1S/C16H21F2N3/c1-2-3-7-21(11-13-5-4-6-20-13)16-14(17)8-12(10-19)9-15(16)18/h8-9,13,20H,2-7,11H2,1H3. The van der Waals surface area contributed by atoms with Gasteiger partial charge in [0.2, 0.25) is 0 Å². The molecule has 0 amide bonds. The van der Waals surface area contributed by atoms with Crippen molar-refractivity contribution >= 4 is 5.69 Å². The predicted molar refractivity (Wildman–Crippen MR) is 79.2 cm³/mol. The molecular formula is C16H21F2N3. The maximum atomic E-state index is 14.2. The Morgan fingerprint density at radius 3 is 2.62 bits per heavy atom. The average molecular weight is 293 g/mol. The Hall–Kier alpha value is -1.67. The van der Waals surface area contributed by atoms with Crippen molar-refractivity contribution in [2.45, 2.75) is 38.6 Å². The van der Waals surface area contributed by atoms with Crippen LogP contribution >= 0.6 is 0 Å². The zero-order chi connectivity index (χ0) is 15.2. The van der Waals surface area contributed by atoms with Crippen LogP contribution in [0.1, 0.15) is 38.2 Å². The number of nitrogens with one attached hydrogen (secondary N) is 1. The summed E-state index contributed by atoms with van der Waals surface area (Å²) in [6.45, 7) is 4.23. The van der Waals surface area contributed by atoms with Gasteiger partial charge >= 0.3 is 0 Å². The van der Waals surface area contributed by atoms with Crippen molar-refractivity contribution in [3.05, 3.63) is 29.3 Å². The van der Waals surface area contributed by atoms with Gasteiger partial charge in [0, 0.05) is 19.1 Å². The third-order valence-corrected chi connectivity index (χ3v) is 3.85. The molecule has 0 radical (unpaired) electrons. The molecule has 5 heteroatoms. The molecule has 1 aliphatic heterocycles. The predicted octanol–water partition coefficient (Wildman–Crippen LogP) is 3.19. The van der Waals surface area contributed by atoms with E-state index in [1.807, 2.05) is 0 Å². The third-order valence-electron chi connectivity index (χ3n) is 3.85. The number of rotatable bonds is 6. The molecule has 1 N–H and O–H groups in total. The Labute approximate surface area is 124 Å². The van der Waals surface area contributed by atoms with Crippen molar-refractivity contribution in [3.8, 4) is 6.07 Å². The molecule has 21 heavy (non-hydrogen) atoms. The van der Waals surface area contributed by atoms with E-state index in [0.717, 1.165) is 44.4 Å². The van der Waals surface area contributed by atoms with Crippen LogP contribution in [0.25, 0.3) is 0 Å². The van der Waals surface area contributed by atoms with Crippen LogP contribution < -0.4 is 10.2 Å². The van der Waals surface area contributed by atoms with Gasteiger partial charge in [-0.25, -0.2) is 8.78 Å². The zero-order valence-corrected chi connectivity index (χ0v) is 12.3. The lowest BCUT2D eigenvalue weighted by Crippen LogP contribution is -2.39. The average Bonchev–Trinajstić information content (AvgIpc) is 2.96. The molecule has 1 aliphatic rings. The summed E-state index contributed by atoms with van der Waals surface area (Å²) in [4.78, 5) is 1.78. The van der Waals surface area contributed by atoms with E-state index in [9.17, 15) is 8.78 Å². The van der Waals surface area contributed by atoms with Gasteiger partial charge in [-0.05, 0) is 37.9 Å². The minimum atomic E-state index is -0.652. The summed E-state index contributed by atoms with van der Waals surface area (Å²) in [6.07, 6.45) is 3.98. The summed E-state index contributed by atoms with van der Waals surface area (Å²) >= 11 is 0. The van der Waals surface area contributed by atoms with Gasteiger partial charge in [-0.15, -0.1) is 0 Å². The molecule has 0 spiro atoms. The second-order valence-electron chi connectivity index (χ2n) is 5.49. The first-order valence-electron chi connectivity index (χ1n) is 7.53. The van der Waals surface area contributed by atoms with Gasteiger partial charge in [0.25, 0.3) is 0 Å². The highest BCUT2D eigenvalue weighted by molar-refractivity contribution is 5.52. The van der Waals surface area contributed by atoms with Gasteiger partial charge in [0.1, 0.15) is 5.69 Å². The molecule has 1 unspecified atom stereocenters. The molecule has 114 valence electrons. The molecule has 2 rings (SSSR count). The Kier molecular flexibility index (Phi) is 5.51. The lowest BCUT2D eigenvalue weighted by molar-refractivity contribution is 0.533. The van der Waals surface area contributed by atoms with Crippen LogP contribution in [0.3, 0.4) is 0 Å². The fourth-order valence-electron chi connectivity index (χ4n) is 2.75. The third kappa shape index (κ3) is 3.92. The topological polar surface area (TPSA) is 39.1 Å². The number of halogens is 2. The maximum absolute atomic E-state index is 14.2. The molecule has 1 aromatic rings. The van der Waals surface area contributed by atoms with Crippen molar-refractivity contribution in [1.29, 1.82) is 5.26 Å². The smallest absolute Gasteiger partial charge is 0.150 e. The number of benzene rings is 1. The fourth-order valence-corrected chi connectivity index (χ4v) is 2.75. The van der Waals surface area contributed by atoms with E-state index in [-0.39, 0.29) is 17.3 Å². The highest BCUT2D eigenvalue weighted by atomic mass is 19.1. The van der Waals surface area contributed by atoms with Crippen LogP contribution in [0, 0.1) is 23.0 Å². The van der Waals surface area contributed by atoms with Gasteiger partial charge in [-0.2, -0.15) is 5.26 Å². The van der Waals surface area contributed by atoms with Gasteiger partial charge in [-0.3, -0.25) is 0 Å². The largest absolute Gasteiger partial charge is 0.365 e. The minimum absolute atomic E-state index is 0.00356. The highest BCUT2D eigenvalue weighted by Gasteiger charge is 2.23. The van der Waals surface area contributed by atoms with E-state index in [1.165, 1.54) is 0 Å². The minimum Gasteiger partial charge on any atom is -0.365 e. The van der Waals surface area contributed by atoms with Crippen LogP contribution in [0.5, 0.6) is 0 Å². The summed E-state index contributed by atoms with van der Waals surface area (Å²) in [5.41, 5.74) is 0.0133. The lowest BCUT2D eigenvalue weighted by atomic mass is 10.1. The van der Waals surface area contributed by atoms with E-state index < -0.39 is 11.6 Å². The first-order valence-corrected chi connectivity index (χ1v) is 7.53. The molecule has 1 atom stereocenters. The number of hydrogen-bond acceptors (Lipinski definition) is 3. The Morgan fingerprint density at radius 1 is 1.38 bits per heavy atom. The molecule has 3 nitrogen and oxygen atoms in total. The van der Waals surface area contributed by atoms with Crippen molar-refractivity contribution < 1.29 is 8.78 Å². The van der Waals surface area contributed by atoms with Gasteiger partial charge in [0.15, 0.2) is 11.6 Å². The van der Waals surface area contributed by atoms with E-state index >= 15 is 0 Å². The fraction of sp³-hybridized carbons (Fsp3) is 0.562. The number of nitrogens with zero attached hydrogens (tertiary/aromatic N) is 2. The summed E-state index contributed by atoms with van der Waals surface area (Å²) in [6, 6.07) is 4.28. The van der Waals surface area contributed by atoms with Crippen LogP contribution in [0.15, 0.2) is 12.1 Å². The number of hydrogen-bond donors (Lipinski definition) is 1. The Bertz CT molecular complexity index is 496. The van der Waals surface area contributed by atoms with E-state index in [1.54, 1.807) is 11.0 Å². The summed E-state index contributed by atoms with van der Waals surface area (Å²) < 4.78 is 28.4. The lowest BCUT2D eigenvalue weighted by Gasteiger charge is -2.28. The molecule has 1 heterocycles.